The molecular formula is C13H8Cl2F3N. The van der Waals surface area contributed by atoms with E-state index in [9.17, 15) is 13.2 Å². The Morgan fingerprint density at radius 1 is 0.842 bits per heavy atom. The van der Waals surface area contributed by atoms with Crippen molar-refractivity contribution in [1.29, 1.82) is 0 Å². The van der Waals surface area contributed by atoms with E-state index in [1.54, 1.807) is 0 Å². The van der Waals surface area contributed by atoms with E-state index < -0.39 is 23.5 Å². The summed E-state index contributed by atoms with van der Waals surface area (Å²) in [6, 6.07) is 4.64. The topological polar surface area (TPSA) is 26.0 Å². The summed E-state index contributed by atoms with van der Waals surface area (Å²) in [4.78, 5) is 0. The molecule has 19 heavy (non-hydrogen) atoms. The average Bonchev–Trinajstić information content (AvgIpc) is 2.33. The van der Waals surface area contributed by atoms with Crippen molar-refractivity contribution in [3.05, 3.63) is 69.0 Å². The maximum atomic E-state index is 13.6. The highest BCUT2D eigenvalue weighted by Gasteiger charge is 2.19. The van der Waals surface area contributed by atoms with Crippen LogP contribution in [0.1, 0.15) is 17.2 Å². The zero-order valence-electron chi connectivity index (χ0n) is 9.43. The lowest BCUT2D eigenvalue weighted by molar-refractivity contribution is 0.487. The fraction of sp³-hybridized carbons (Fsp3) is 0.0769. The van der Waals surface area contributed by atoms with Crippen LogP contribution in [-0.2, 0) is 0 Å². The molecule has 0 saturated carbocycles. The number of hydrogen-bond acceptors (Lipinski definition) is 1. The van der Waals surface area contributed by atoms with E-state index in [-0.39, 0.29) is 10.6 Å². The molecule has 6 heteroatoms. The molecule has 0 aliphatic rings. The molecule has 0 aliphatic heterocycles. The SMILES string of the molecule is NC(c1cc(F)c(F)cc1F)c1ccc(Cl)cc1Cl. The highest BCUT2D eigenvalue weighted by molar-refractivity contribution is 6.35. The van der Waals surface area contributed by atoms with Crippen molar-refractivity contribution in [3.8, 4) is 0 Å². The fourth-order valence-electron chi connectivity index (χ4n) is 1.70. The second kappa shape index (κ2) is 5.41. The van der Waals surface area contributed by atoms with E-state index in [1.807, 2.05) is 0 Å². The lowest BCUT2D eigenvalue weighted by Crippen LogP contribution is -2.15. The Labute approximate surface area is 117 Å². The smallest absolute Gasteiger partial charge is 0.161 e. The van der Waals surface area contributed by atoms with Crippen LogP contribution in [0.5, 0.6) is 0 Å². The van der Waals surface area contributed by atoms with Crippen molar-refractivity contribution >= 4 is 23.2 Å². The predicted molar refractivity (Wildman–Crippen MR) is 68.8 cm³/mol. The van der Waals surface area contributed by atoms with E-state index >= 15 is 0 Å². The van der Waals surface area contributed by atoms with Gasteiger partial charge in [-0.15, -0.1) is 0 Å². The summed E-state index contributed by atoms with van der Waals surface area (Å²) in [7, 11) is 0. The lowest BCUT2D eigenvalue weighted by Gasteiger charge is -2.15. The molecule has 1 atom stereocenters. The van der Waals surface area contributed by atoms with Crippen molar-refractivity contribution < 1.29 is 13.2 Å². The van der Waals surface area contributed by atoms with Crippen LogP contribution in [0.3, 0.4) is 0 Å². The van der Waals surface area contributed by atoms with Gasteiger partial charge in [-0.2, -0.15) is 0 Å². The second-order valence-corrected chi connectivity index (χ2v) is 4.77. The van der Waals surface area contributed by atoms with Gasteiger partial charge in [-0.05, 0) is 23.8 Å². The standard InChI is InChI=1S/C13H8Cl2F3N/c14-6-1-2-7(9(15)3-6)13(19)8-4-11(17)12(18)5-10(8)16/h1-5,13H,19H2. The third kappa shape index (κ3) is 2.86. The molecule has 100 valence electrons. The fourth-order valence-corrected chi connectivity index (χ4v) is 2.22. The van der Waals surface area contributed by atoms with Gasteiger partial charge in [0.2, 0.25) is 0 Å². The molecule has 0 fully saturated rings. The Kier molecular flexibility index (Phi) is 4.04. The third-order valence-electron chi connectivity index (χ3n) is 2.67. The largest absolute Gasteiger partial charge is 0.320 e. The van der Waals surface area contributed by atoms with E-state index in [4.69, 9.17) is 28.9 Å². The van der Waals surface area contributed by atoms with Crippen molar-refractivity contribution in [2.24, 2.45) is 5.73 Å². The number of rotatable bonds is 2. The summed E-state index contributed by atoms with van der Waals surface area (Å²) in [6.07, 6.45) is 0. The number of halogens is 5. The first kappa shape index (κ1) is 14.2. The maximum absolute atomic E-state index is 13.6. The van der Waals surface area contributed by atoms with Gasteiger partial charge < -0.3 is 5.73 Å². The van der Waals surface area contributed by atoms with E-state index in [0.717, 1.165) is 6.07 Å². The maximum Gasteiger partial charge on any atom is 0.161 e. The summed E-state index contributed by atoms with van der Waals surface area (Å²) >= 11 is 11.7. The van der Waals surface area contributed by atoms with Gasteiger partial charge in [-0.25, -0.2) is 13.2 Å². The predicted octanol–water partition coefficient (Wildman–Crippen LogP) is 4.46. The normalized spacial score (nSPS) is 12.5. The molecular weight excluding hydrogens is 298 g/mol. The minimum Gasteiger partial charge on any atom is -0.320 e. The third-order valence-corrected chi connectivity index (χ3v) is 3.23. The van der Waals surface area contributed by atoms with E-state index in [0.29, 0.717) is 16.7 Å². The van der Waals surface area contributed by atoms with Crippen LogP contribution < -0.4 is 5.73 Å². The molecule has 2 aromatic rings. The molecule has 0 radical (unpaired) electrons. The molecule has 1 nitrogen and oxygen atoms in total. The Morgan fingerprint density at radius 3 is 2.11 bits per heavy atom. The highest BCUT2D eigenvalue weighted by atomic mass is 35.5. The van der Waals surface area contributed by atoms with Gasteiger partial charge >= 0.3 is 0 Å². The number of nitrogens with two attached hydrogens (primary N) is 1. The molecule has 0 bridgehead atoms. The summed E-state index contributed by atoms with van der Waals surface area (Å²) in [5, 5.41) is 0.621. The van der Waals surface area contributed by atoms with Crippen LogP contribution in [0, 0.1) is 17.5 Å². The van der Waals surface area contributed by atoms with Crippen molar-refractivity contribution in [2.45, 2.75) is 6.04 Å². The van der Waals surface area contributed by atoms with Crippen LogP contribution >= 0.6 is 23.2 Å². The minimum absolute atomic E-state index is 0.178. The zero-order chi connectivity index (χ0) is 14.2. The van der Waals surface area contributed by atoms with Gasteiger partial charge in [0.1, 0.15) is 5.82 Å². The Morgan fingerprint density at radius 2 is 1.47 bits per heavy atom. The summed E-state index contributed by atoms with van der Waals surface area (Å²) in [6.45, 7) is 0. The quantitative estimate of drug-likeness (QED) is 0.815. The van der Waals surface area contributed by atoms with Gasteiger partial charge in [-0.1, -0.05) is 29.3 Å². The Bertz CT molecular complexity index is 632. The first-order valence-corrected chi connectivity index (χ1v) is 6.00. The molecule has 2 rings (SSSR count). The first-order valence-electron chi connectivity index (χ1n) is 5.25. The van der Waals surface area contributed by atoms with Gasteiger partial charge in [0.25, 0.3) is 0 Å². The van der Waals surface area contributed by atoms with Crippen molar-refractivity contribution in [2.75, 3.05) is 0 Å². The zero-order valence-corrected chi connectivity index (χ0v) is 10.9. The van der Waals surface area contributed by atoms with Crippen LogP contribution in [0.4, 0.5) is 13.2 Å². The first-order chi connectivity index (χ1) is 8.90. The average molecular weight is 306 g/mol. The molecule has 1 unspecified atom stereocenters. The van der Waals surface area contributed by atoms with Gasteiger partial charge in [0.05, 0.1) is 6.04 Å². The van der Waals surface area contributed by atoms with Crippen LogP contribution in [0.15, 0.2) is 30.3 Å². The Hall–Kier alpha value is -1.23. The van der Waals surface area contributed by atoms with Crippen LogP contribution in [0.2, 0.25) is 10.0 Å². The summed E-state index contributed by atoms with van der Waals surface area (Å²) in [5.74, 6) is -3.37. The molecule has 0 aliphatic carbocycles. The minimum atomic E-state index is -1.27. The molecule has 2 N–H and O–H groups in total. The summed E-state index contributed by atoms with van der Waals surface area (Å²) in [5.41, 5.74) is 6.02. The molecule has 0 spiro atoms. The van der Waals surface area contributed by atoms with E-state index in [1.165, 1.54) is 18.2 Å². The monoisotopic (exact) mass is 305 g/mol. The van der Waals surface area contributed by atoms with Gasteiger partial charge in [-0.3, -0.25) is 0 Å². The molecule has 2 aromatic carbocycles. The van der Waals surface area contributed by atoms with E-state index in [2.05, 4.69) is 0 Å². The molecule has 0 aromatic heterocycles. The summed E-state index contributed by atoms with van der Waals surface area (Å²) < 4.78 is 39.6. The molecule has 0 amide bonds. The molecule has 0 heterocycles. The van der Waals surface area contributed by atoms with Crippen molar-refractivity contribution in [3.63, 3.8) is 0 Å². The lowest BCUT2D eigenvalue weighted by atomic mass is 9.99. The van der Waals surface area contributed by atoms with Crippen LogP contribution in [-0.4, -0.2) is 0 Å². The number of hydrogen-bond donors (Lipinski definition) is 1. The van der Waals surface area contributed by atoms with Gasteiger partial charge in [0.15, 0.2) is 11.6 Å². The Balaban J connectivity index is 2.49. The van der Waals surface area contributed by atoms with Crippen LogP contribution in [0.25, 0.3) is 0 Å². The highest BCUT2D eigenvalue weighted by Crippen LogP contribution is 2.30. The number of benzene rings is 2. The van der Waals surface area contributed by atoms with Crippen molar-refractivity contribution in [1.82, 2.24) is 0 Å². The van der Waals surface area contributed by atoms with Gasteiger partial charge in [0, 0.05) is 21.7 Å². The molecule has 0 saturated heterocycles. The second-order valence-electron chi connectivity index (χ2n) is 3.93.